The molecule has 11 heteroatoms. The van der Waals surface area contributed by atoms with Gasteiger partial charge in [-0.2, -0.15) is 26.3 Å². The minimum atomic E-state index is -5.02. The predicted octanol–water partition coefficient (Wildman–Crippen LogP) is 5.97. The number of hydrogen-bond acceptors (Lipinski definition) is 3. The summed E-state index contributed by atoms with van der Waals surface area (Å²) in [5.41, 5.74) is -3.52. The summed E-state index contributed by atoms with van der Waals surface area (Å²) in [5.74, 6) is -2.34. The number of amides is 2. The zero-order chi connectivity index (χ0) is 28.6. The van der Waals surface area contributed by atoms with Crippen molar-refractivity contribution in [2.75, 3.05) is 6.54 Å². The lowest BCUT2D eigenvalue weighted by Crippen LogP contribution is -2.54. The number of piperidine rings is 1. The lowest BCUT2D eigenvalue weighted by atomic mass is 9.74. The van der Waals surface area contributed by atoms with Gasteiger partial charge in [-0.25, -0.2) is 0 Å². The molecule has 4 rings (SSSR count). The van der Waals surface area contributed by atoms with Crippen molar-refractivity contribution >= 4 is 17.6 Å². The van der Waals surface area contributed by atoms with Crippen LogP contribution in [0.5, 0.6) is 0 Å². The zero-order valence-corrected chi connectivity index (χ0v) is 21.2. The maximum absolute atomic E-state index is 13.4. The standard InChI is InChI=1S/C28H28F6N2O3/c1-17(18-13-20(27(29,30)31)15-21(14-18)28(32,33)34)25(39)35-26(19-5-3-2-4-6-19)10-7-22(8-11-26)36-12-9-23(37)16-24(36)38/h2-6,13-15,17,22H,7-12,16H2,1H3,(H,35,39)/t17-,22?,26?/m0/s1. The van der Waals surface area contributed by atoms with Crippen molar-refractivity contribution in [2.45, 2.75) is 75.3 Å². The number of nitrogens with one attached hydrogen (secondary N) is 1. The van der Waals surface area contributed by atoms with Gasteiger partial charge in [-0.05, 0) is 61.9 Å². The normalized spacial score (nSPS) is 23.5. The molecule has 0 bridgehead atoms. The fourth-order valence-corrected chi connectivity index (χ4v) is 5.49. The fourth-order valence-electron chi connectivity index (χ4n) is 5.49. The lowest BCUT2D eigenvalue weighted by molar-refractivity contribution is -0.144. The van der Waals surface area contributed by atoms with Gasteiger partial charge in [-0.3, -0.25) is 14.4 Å². The molecule has 1 saturated heterocycles. The van der Waals surface area contributed by atoms with Crippen LogP contribution in [0.3, 0.4) is 0 Å². The molecule has 2 aliphatic rings. The number of nitrogens with zero attached hydrogens (tertiary/aromatic N) is 1. The number of rotatable bonds is 5. The molecular weight excluding hydrogens is 526 g/mol. The summed E-state index contributed by atoms with van der Waals surface area (Å²) < 4.78 is 80.3. The van der Waals surface area contributed by atoms with E-state index < -0.39 is 46.4 Å². The van der Waals surface area contributed by atoms with Crippen molar-refractivity contribution < 1.29 is 40.7 Å². The van der Waals surface area contributed by atoms with Gasteiger partial charge in [0, 0.05) is 19.0 Å². The van der Waals surface area contributed by atoms with Gasteiger partial charge in [0.05, 0.1) is 29.0 Å². The molecule has 2 amide bonds. The number of likely N-dealkylation sites (tertiary alicyclic amines) is 1. The fraction of sp³-hybridized carbons (Fsp3) is 0.464. The van der Waals surface area contributed by atoms with E-state index in [1.54, 1.807) is 23.1 Å². The summed E-state index contributed by atoms with van der Waals surface area (Å²) >= 11 is 0. The van der Waals surface area contributed by atoms with Gasteiger partial charge in [0.2, 0.25) is 11.8 Å². The summed E-state index contributed by atoms with van der Waals surface area (Å²) in [6.07, 6.45) is -8.08. The second kappa shape index (κ2) is 10.7. The SMILES string of the molecule is C[C@H](C(=O)NC1(c2ccccc2)CCC(N2CCC(=O)CC2=O)CC1)c1cc(C(F)(F)F)cc(C(F)(F)F)c1. The predicted molar refractivity (Wildman–Crippen MR) is 129 cm³/mol. The van der Waals surface area contributed by atoms with E-state index in [1.807, 2.05) is 12.1 Å². The first-order valence-electron chi connectivity index (χ1n) is 12.7. The number of benzene rings is 2. The minimum absolute atomic E-state index is 0.0380. The van der Waals surface area contributed by atoms with Crippen molar-refractivity contribution in [3.8, 4) is 0 Å². The molecular formula is C28H28F6N2O3. The molecule has 210 valence electrons. The summed E-state index contributed by atoms with van der Waals surface area (Å²) in [5, 5.41) is 2.95. The van der Waals surface area contributed by atoms with E-state index in [1.165, 1.54) is 6.92 Å². The first-order valence-corrected chi connectivity index (χ1v) is 12.7. The summed E-state index contributed by atoms with van der Waals surface area (Å²) in [6.45, 7) is 1.61. The highest BCUT2D eigenvalue weighted by atomic mass is 19.4. The Morgan fingerprint density at radius 3 is 2.03 bits per heavy atom. The Morgan fingerprint density at radius 1 is 0.949 bits per heavy atom. The highest BCUT2D eigenvalue weighted by Gasteiger charge is 2.43. The van der Waals surface area contributed by atoms with E-state index in [-0.39, 0.29) is 36.6 Å². The highest BCUT2D eigenvalue weighted by Crippen LogP contribution is 2.41. The van der Waals surface area contributed by atoms with Crippen LogP contribution in [0, 0.1) is 0 Å². The van der Waals surface area contributed by atoms with E-state index in [4.69, 9.17) is 0 Å². The number of hydrogen-bond donors (Lipinski definition) is 1. The third kappa shape index (κ3) is 6.28. The molecule has 1 aliphatic carbocycles. The first kappa shape index (κ1) is 28.6. The van der Waals surface area contributed by atoms with E-state index in [9.17, 15) is 40.7 Å². The number of alkyl halides is 6. The molecule has 2 aromatic rings. The van der Waals surface area contributed by atoms with E-state index in [0.717, 1.165) is 5.56 Å². The average Bonchev–Trinajstić information content (AvgIpc) is 2.88. The maximum atomic E-state index is 13.4. The third-order valence-corrected chi connectivity index (χ3v) is 7.74. The average molecular weight is 555 g/mol. The van der Waals surface area contributed by atoms with Crippen LogP contribution in [0.1, 0.15) is 73.6 Å². The summed E-state index contributed by atoms with van der Waals surface area (Å²) in [6, 6.07) is 10.0. The van der Waals surface area contributed by atoms with Gasteiger partial charge in [0.1, 0.15) is 5.78 Å². The van der Waals surface area contributed by atoms with Crippen molar-refractivity contribution in [3.05, 3.63) is 70.8 Å². The van der Waals surface area contributed by atoms with Gasteiger partial charge in [-0.15, -0.1) is 0 Å². The Labute approximate surface area is 221 Å². The van der Waals surface area contributed by atoms with Crippen LogP contribution in [0.25, 0.3) is 0 Å². The van der Waals surface area contributed by atoms with Crippen molar-refractivity contribution in [1.82, 2.24) is 10.2 Å². The maximum Gasteiger partial charge on any atom is 0.416 e. The number of carbonyl (C=O) groups excluding carboxylic acids is 3. The second-order valence-electron chi connectivity index (χ2n) is 10.3. The largest absolute Gasteiger partial charge is 0.416 e. The quantitative estimate of drug-likeness (QED) is 0.366. The number of ketones is 1. The molecule has 1 atom stereocenters. The molecule has 5 nitrogen and oxygen atoms in total. The molecule has 2 aromatic carbocycles. The summed E-state index contributed by atoms with van der Waals surface area (Å²) in [7, 11) is 0. The Morgan fingerprint density at radius 2 is 1.51 bits per heavy atom. The first-order chi connectivity index (χ1) is 18.2. The highest BCUT2D eigenvalue weighted by molar-refractivity contribution is 6.00. The second-order valence-corrected chi connectivity index (χ2v) is 10.3. The van der Waals surface area contributed by atoms with Crippen molar-refractivity contribution in [2.24, 2.45) is 0 Å². The summed E-state index contributed by atoms with van der Waals surface area (Å²) in [4.78, 5) is 39.2. The molecule has 1 aliphatic heterocycles. The van der Waals surface area contributed by atoms with E-state index in [2.05, 4.69) is 5.32 Å². The van der Waals surface area contributed by atoms with Gasteiger partial charge >= 0.3 is 12.4 Å². The molecule has 0 radical (unpaired) electrons. The van der Waals surface area contributed by atoms with Crippen molar-refractivity contribution in [1.29, 1.82) is 0 Å². The number of carbonyl (C=O) groups is 3. The van der Waals surface area contributed by atoms with Crippen LogP contribution in [0.4, 0.5) is 26.3 Å². The molecule has 1 heterocycles. The smallest absolute Gasteiger partial charge is 0.346 e. The molecule has 1 saturated carbocycles. The molecule has 0 aromatic heterocycles. The monoisotopic (exact) mass is 554 g/mol. The van der Waals surface area contributed by atoms with Gasteiger partial charge in [0.15, 0.2) is 0 Å². The van der Waals surface area contributed by atoms with Crippen LogP contribution in [-0.2, 0) is 32.3 Å². The topological polar surface area (TPSA) is 66.5 Å². The molecule has 0 unspecified atom stereocenters. The lowest BCUT2D eigenvalue weighted by Gasteiger charge is -2.45. The Hall–Kier alpha value is -3.37. The Balaban J connectivity index is 1.59. The number of halogens is 6. The van der Waals surface area contributed by atoms with Gasteiger partial charge in [-0.1, -0.05) is 30.3 Å². The van der Waals surface area contributed by atoms with Crippen LogP contribution >= 0.6 is 0 Å². The third-order valence-electron chi connectivity index (χ3n) is 7.74. The van der Waals surface area contributed by atoms with E-state index >= 15 is 0 Å². The molecule has 0 spiro atoms. The molecule has 1 N–H and O–H groups in total. The van der Waals surface area contributed by atoms with E-state index in [0.29, 0.717) is 44.4 Å². The van der Waals surface area contributed by atoms with Gasteiger partial charge in [0.25, 0.3) is 0 Å². The Kier molecular flexibility index (Phi) is 7.82. The van der Waals surface area contributed by atoms with Gasteiger partial charge < -0.3 is 10.2 Å². The van der Waals surface area contributed by atoms with Crippen LogP contribution in [0.15, 0.2) is 48.5 Å². The van der Waals surface area contributed by atoms with Crippen LogP contribution in [0.2, 0.25) is 0 Å². The number of Topliss-reactive ketones (excluding diaryl/α,β-unsaturated/α-hetero) is 1. The van der Waals surface area contributed by atoms with Crippen LogP contribution < -0.4 is 5.32 Å². The molecule has 39 heavy (non-hydrogen) atoms. The minimum Gasteiger partial charge on any atom is -0.346 e. The van der Waals surface area contributed by atoms with Crippen LogP contribution in [-0.4, -0.2) is 35.1 Å². The Bertz CT molecular complexity index is 1200. The molecule has 2 fully saturated rings. The zero-order valence-electron chi connectivity index (χ0n) is 21.2. The van der Waals surface area contributed by atoms with Crippen molar-refractivity contribution in [3.63, 3.8) is 0 Å².